The average molecular weight is 331 g/mol. The largest absolute Gasteiger partial charge is 0.508 e. The van der Waals surface area contributed by atoms with E-state index in [2.05, 4.69) is 10.4 Å². The molecular weight excluding hydrogens is 310 g/mol. The van der Waals surface area contributed by atoms with Gasteiger partial charge in [0.25, 0.3) is 5.91 Å². The third-order valence-electron chi connectivity index (χ3n) is 3.72. The summed E-state index contributed by atoms with van der Waals surface area (Å²) in [7, 11) is 1.79. The van der Waals surface area contributed by atoms with E-state index in [0.717, 1.165) is 5.69 Å². The molecule has 0 spiro atoms. The van der Waals surface area contributed by atoms with Gasteiger partial charge >= 0.3 is 5.97 Å². The molecule has 2 N–H and O–H groups in total. The highest BCUT2D eigenvalue weighted by atomic mass is 16.5. The number of aryl methyl sites for hydroxylation is 2. The van der Waals surface area contributed by atoms with Crippen molar-refractivity contribution in [3.63, 3.8) is 0 Å². The summed E-state index contributed by atoms with van der Waals surface area (Å²) in [5.74, 6) is -0.793. The third kappa shape index (κ3) is 4.13. The van der Waals surface area contributed by atoms with Gasteiger partial charge in [0.2, 0.25) is 0 Å². The molecule has 0 bridgehead atoms. The Bertz CT molecular complexity index is 750. The number of nitrogens with one attached hydrogen (secondary N) is 1. The molecular formula is C17H21N3O4. The van der Waals surface area contributed by atoms with Crippen molar-refractivity contribution in [1.29, 1.82) is 0 Å². The molecule has 1 heterocycles. The van der Waals surface area contributed by atoms with E-state index in [1.54, 1.807) is 30.8 Å². The van der Waals surface area contributed by atoms with Gasteiger partial charge in [0.15, 0.2) is 6.10 Å². The van der Waals surface area contributed by atoms with Gasteiger partial charge < -0.3 is 15.2 Å². The number of rotatable bonds is 5. The normalized spacial score (nSPS) is 11.8. The van der Waals surface area contributed by atoms with Crippen LogP contribution in [0.4, 0.5) is 5.69 Å². The number of aromatic nitrogens is 2. The SMILES string of the molecule is Cc1nn(C)c(C)c1NC(=O)[C@@H](C)OC(=O)Cc1ccc(O)cc1. The summed E-state index contributed by atoms with van der Waals surface area (Å²) in [4.78, 5) is 24.1. The van der Waals surface area contributed by atoms with Crippen molar-refractivity contribution < 1.29 is 19.4 Å². The maximum Gasteiger partial charge on any atom is 0.311 e. The lowest BCUT2D eigenvalue weighted by atomic mass is 10.1. The van der Waals surface area contributed by atoms with E-state index in [0.29, 0.717) is 16.9 Å². The summed E-state index contributed by atoms with van der Waals surface area (Å²) in [6, 6.07) is 6.24. The van der Waals surface area contributed by atoms with Crippen LogP contribution >= 0.6 is 0 Å². The van der Waals surface area contributed by atoms with Crippen molar-refractivity contribution in [3.8, 4) is 5.75 Å². The number of aromatic hydroxyl groups is 1. The summed E-state index contributed by atoms with van der Waals surface area (Å²) in [6.07, 6.45) is -0.892. The Balaban J connectivity index is 1.93. The minimum absolute atomic E-state index is 0.0306. The van der Waals surface area contributed by atoms with Gasteiger partial charge in [0.05, 0.1) is 23.5 Å². The molecule has 7 nitrogen and oxygen atoms in total. The molecule has 1 aromatic carbocycles. The smallest absolute Gasteiger partial charge is 0.311 e. The van der Waals surface area contributed by atoms with Gasteiger partial charge in [-0.15, -0.1) is 0 Å². The molecule has 0 aliphatic rings. The number of nitrogens with zero attached hydrogens (tertiary/aromatic N) is 2. The first-order chi connectivity index (χ1) is 11.3. The Hall–Kier alpha value is -2.83. The Labute approximate surface area is 140 Å². The number of esters is 1. The number of benzene rings is 1. The van der Waals surface area contributed by atoms with E-state index in [1.165, 1.54) is 19.1 Å². The molecule has 0 fully saturated rings. The third-order valence-corrected chi connectivity index (χ3v) is 3.72. The molecule has 2 rings (SSSR count). The van der Waals surface area contributed by atoms with Crippen molar-refractivity contribution in [3.05, 3.63) is 41.2 Å². The van der Waals surface area contributed by atoms with Crippen LogP contribution in [0.15, 0.2) is 24.3 Å². The number of phenols is 1. The van der Waals surface area contributed by atoms with E-state index in [4.69, 9.17) is 4.74 Å². The molecule has 1 amide bonds. The summed E-state index contributed by atoms with van der Waals surface area (Å²) in [5.41, 5.74) is 2.85. The quantitative estimate of drug-likeness (QED) is 0.816. The second-order valence-electron chi connectivity index (χ2n) is 5.63. The number of ether oxygens (including phenoxy) is 1. The van der Waals surface area contributed by atoms with Crippen molar-refractivity contribution in [2.24, 2.45) is 7.05 Å². The summed E-state index contributed by atoms with van der Waals surface area (Å²) in [5, 5.41) is 16.2. The molecule has 0 saturated heterocycles. The van der Waals surface area contributed by atoms with E-state index in [-0.39, 0.29) is 12.2 Å². The number of hydrogen-bond donors (Lipinski definition) is 2. The second kappa shape index (κ2) is 7.16. The molecule has 2 aromatic rings. The van der Waals surface area contributed by atoms with Crippen LogP contribution in [0.3, 0.4) is 0 Å². The van der Waals surface area contributed by atoms with Crippen LogP contribution in [0.25, 0.3) is 0 Å². The maximum absolute atomic E-state index is 12.2. The van der Waals surface area contributed by atoms with Crippen LogP contribution in [0.5, 0.6) is 5.75 Å². The fourth-order valence-corrected chi connectivity index (χ4v) is 2.25. The number of amides is 1. The summed E-state index contributed by atoms with van der Waals surface area (Å²) >= 11 is 0. The molecule has 0 unspecified atom stereocenters. The van der Waals surface area contributed by atoms with E-state index < -0.39 is 18.0 Å². The Morgan fingerprint density at radius 2 is 1.92 bits per heavy atom. The monoisotopic (exact) mass is 331 g/mol. The maximum atomic E-state index is 12.2. The number of carbonyl (C=O) groups is 2. The van der Waals surface area contributed by atoms with Crippen molar-refractivity contribution >= 4 is 17.6 Å². The summed E-state index contributed by atoms with van der Waals surface area (Å²) in [6.45, 7) is 5.16. The highest BCUT2D eigenvalue weighted by molar-refractivity contribution is 5.96. The average Bonchev–Trinajstić information content (AvgIpc) is 2.75. The van der Waals surface area contributed by atoms with Gasteiger partial charge in [-0.3, -0.25) is 14.3 Å². The fraction of sp³-hybridized carbons (Fsp3) is 0.353. The van der Waals surface area contributed by atoms with Gasteiger partial charge in [-0.05, 0) is 38.5 Å². The lowest BCUT2D eigenvalue weighted by Crippen LogP contribution is -2.30. The minimum Gasteiger partial charge on any atom is -0.508 e. The molecule has 0 saturated carbocycles. The first kappa shape index (κ1) is 17.5. The van der Waals surface area contributed by atoms with Crippen molar-refractivity contribution in [2.75, 3.05) is 5.32 Å². The standard InChI is InChI=1S/C17H21N3O4/c1-10-16(11(2)20(4)19-10)18-17(23)12(3)24-15(22)9-13-5-7-14(21)8-6-13/h5-8,12,21H,9H2,1-4H3,(H,18,23)/t12-/m1/s1. The van der Waals surface area contributed by atoms with Crippen LogP contribution < -0.4 is 5.32 Å². The van der Waals surface area contributed by atoms with Crippen molar-refractivity contribution in [2.45, 2.75) is 33.3 Å². The van der Waals surface area contributed by atoms with Crippen molar-refractivity contribution in [1.82, 2.24) is 9.78 Å². The van der Waals surface area contributed by atoms with Gasteiger partial charge in [0.1, 0.15) is 5.75 Å². The van der Waals surface area contributed by atoms with Crippen LogP contribution in [-0.2, 0) is 27.8 Å². The molecule has 7 heteroatoms. The predicted molar refractivity (Wildman–Crippen MR) is 88.7 cm³/mol. The van der Waals surface area contributed by atoms with Gasteiger partial charge in [0, 0.05) is 7.05 Å². The predicted octanol–water partition coefficient (Wildman–Crippen LogP) is 1.86. The van der Waals surface area contributed by atoms with Crippen LogP contribution in [0.2, 0.25) is 0 Å². The molecule has 0 aliphatic carbocycles. The molecule has 0 radical (unpaired) electrons. The topological polar surface area (TPSA) is 93.5 Å². The van der Waals surface area contributed by atoms with Gasteiger partial charge in [-0.1, -0.05) is 12.1 Å². The zero-order valence-corrected chi connectivity index (χ0v) is 14.2. The molecule has 24 heavy (non-hydrogen) atoms. The van der Waals surface area contributed by atoms with E-state index >= 15 is 0 Å². The molecule has 128 valence electrons. The number of phenolic OH excluding ortho intramolecular Hbond substituents is 1. The Kier molecular flexibility index (Phi) is 5.23. The highest BCUT2D eigenvalue weighted by Gasteiger charge is 2.21. The first-order valence-corrected chi connectivity index (χ1v) is 7.56. The van der Waals surface area contributed by atoms with E-state index in [1.807, 2.05) is 6.92 Å². The number of hydrogen-bond acceptors (Lipinski definition) is 5. The lowest BCUT2D eigenvalue weighted by molar-refractivity contribution is -0.152. The fourth-order valence-electron chi connectivity index (χ4n) is 2.25. The molecule has 0 aliphatic heterocycles. The van der Waals surface area contributed by atoms with Gasteiger partial charge in [-0.2, -0.15) is 5.10 Å². The van der Waals surface area contributed by atoms with Gasteiger partial charge in [-0.25, -0.2) is 0 Å². The second-order valence-corrected chi connectivity index (χ2v) is 5.63. The first-order valence-electron chi connectivity index (χ1n) is 7.56. The zero-order chi connectivity index (χ0) is 17.9. The number of anilines is 1. The highest BCUT2D eigenvalue weighted by Crippen LogP contribution is 2.19. The Morgan fingerprint density at radius 1 is 1.29 bits per heavy atom. The Morgan fingerprint density at radius 3 is 2.46 bits per heavy atom. The van der Waals surface area contributed by atoms with Crippen LogP contribution in [0, 0.1) is 13.8 Å². The lowest BCUT2D eigenvalue weighted by Gasteiger charge is -2.14. The van der Waals surface area contributed by atoms with Crippen LogP contribution in [0.1, 0.15) is 23.9 Å². The molecule has 1 aromatic heterocycles. The van der Waals surface area contributed by atoms with Crippen LogP contribution in [-0.4, -0.2) is 32.9 Å². The minimum atomic E-state index is -0.923. The zero-order valence-electron chi connectivity index (χ0n) is 14.2. The molecule has 1 atom stereocenters. The summed E-state index contributed by atoms with van der Waals surface area (Å²) < 4.78 is 6.84. The number of carbonyl (C=O) groups excluding carboxylic acids is 2. The van der Waals surface area contributed by atoms with E-state index in [9.17, 15) is 14.7 Å².